The lowest BCUT2D eigenvalue weighted by molar-refractivity contribution is -0.204. The summed E-state index contributed by atoms with van der Waals surface area (Å²) in [6.45, 7) is 3.82. The molecule has 2 rings (SSSR count). The van der Waals surface area contributed by atoms with E-state index in [4.69, 9.17) is 14.2 Å². The fourth-order valence-electron chi connectivity index (χ4n) is 2.58. The average Bonchev–Trinajstić information content (AvgIpc) is 2.95. The Morgan fingerprint density at radius 1 is 1.41 bits per heavy atom. The molecule has 0 aromatic heterocycles. The van der Waals surface area contributed by atoms with Crippen molar-refractivity contribution in [1.82, 2.24) is 0 Å². The Bertz CT molecular complexity index is 437. The van der Waals surface area contributed by atoms with E-state index in [1.165, 1.54) is 7.11 Å². The predicted molar refractivity (Wildman–Crippen MR) is 89.4 cm³/mol. The third-order valence-electron chi connectivity index (χ3n) is 3.65. The summed E-state index contributed by atoms with van der Waals surface area (Å²) in [5, 5.41) is 0. The maximum Gasteiger partial charge on any atom is 0.305 e. The molecule has 0 aromatic rings. The molecule has 0 aliphatic carbocycles. The lowest BCUT2D eigenvalue weighted by Gasteiger charge is -2.22. The zero-order valence-electron chi connectivity index (χ0n) is 13.3. The summed E-state index contributed by atoms with van der Waals surface area (Å²) in [5.74, 6) is 5.55. The number of esters is 1. The number of alkyl halides is 1. The van der Waals surface area contributed by atoms with Crippen LogP contribution in [-0.4, -0.2) is 41.3 Å². The van der Waals surface area contributed by atoms with Crippen molar-refractivity contribution in [3.8, 4) is 11.8 Å². The van der Waals surface area contributed by atoms with Crippen LogP contribution < -0.4 is 0 Å². The molecule has 2 heterocycles. The molecule has 4 atom stereocenters. The molecule has 0 radical (unpaired) electrons. The molecule has 1 unspecified atom stereocenters. The maximum atomic E-state index is 11.0. The van der Waals surface area contributed by atoms with Crippen molar-refractivity contribution < 1.29 is 23.7 Å². The highest BCUT2D eigenvalue weighted by Crippen LogP contribution is 2.39. The molecule has 0 bridgehead atoms. The van der Waals surface area contributed by atoms with Crippen molar-refractivity contribution >= 4 is 28.6 Å². The quantitative estimate of drug-likeness (QED) is 0.224. The van der Waals surface area contributed by atoms with Gasteiger partial charge in [-0.25, -0.2) is 0 Å². The summed E-state index contributed by atoms with van der Waals surface area (Å²) < 4.78 is 22.3. The first-order chi connectivity index (χ1) is 10.4. The number of carbonyl (C=O) groups excluding carboxylic acids is 1. The van der Waals surface area contributed by atoms with Crippen LogP contribution >= 0.6 is 22.6 Å². The van der Waals surface area contributed by atoms with Crippen molar-refractivity contribution in [3.63, 3.8) is 0 Å². The first kappa shape index (κ1) is 18.0. The smallest absolute Gasteiger partial charge is 0.305 e. The molecule has 2 aliphatic rings. The fraction of sp³-hybridized carbons (Fsp3) is 0.812. The van der Waals surface area contributed by atoms with Gasteiger partial charge in [0, 0.05) is 29.6 Å². The van der Waals surface area contributed by atoms with E-state index in [0.717, 1.165) is 25.7 Å². The number of hydrogen-bond acceptors (Lipinski definition) is 5. The zero-order chi connectivity index (χ0) is 16.2. The topological polar surface area (TPSA) is 54.0 Å². The molecule has 0 spiro atoms. The van der Waals surface area contributed by atoms with E-state index in [1.807, 2.05) is 13.8 Å². The highest BCUT2D eigenvalue weighted by atomic mass is 127. The minimum absolute atomic E-state index is 0.0327. The minimum Gasteiger partial charge on any atom is -0.469 e. The fourth-order valence-corrected chi connectivity index (χ4v) is 3.26. The lowest BCUT2D eigenvalue weighted by Crippen LogP contribution is -2.27. The molecule has 2 fully saturated rings. The number of hydrogen-bond donors (Lipinski definition) is 0. The minimum atomic E-state index is -0.541. The second kappa shape index (κ2) is 7.95. The van der Waals surface area contributed by atoms with Gasteiger partial charge < -0.3 is 18.9 Å². The van der Waals surface area contributed by atoms with Crippen LogP contribution in [0.3, 0.4) is 0 Å². The molecule has 0 aromatic carbocycles. The first-order valence-corrected chi connectivity index (χ1v) is 8.83. The van der Waals surface area contributed by atoms with Crippen LogP contribution in [0, 0.1) is 11.8 Å². The van der Waals surface area contributed by atoms with Crippen molar-refractivity contribution in [2.75, 3.05) is 7.11 Å². The second-order valence-corrected chi connectivity index (χ2v) is 7.56. The van der Waals surface area contributed by atoms with Gasteiger partial charge in [0.2, 0.25) is 0 Å². The van der Waals surface area contributed by atoms with Gasteiger partial charge in [0.05, 0.1) is 13.2 Å². The van der Waals surface area contributed by atoms with Gasteiger partial charge in [-0.3, -0.25) is 4.79 Å². The third kappa shape index (κ3) is 5.08. The van der Waals surface area contributed by atoms with E-state index in [1.54, 1.807) is 0 Å². The molecule has 2 saturated heterocycles. The predicted octanol–water partition coefficient (Wildman–Crippen LogP) is 2.79. The lowest BCUT2D eigenvalue weighted by atomic mass is 10.1. The Morgan fingerprint density at radius 3 is 2.86 bits per heavy atom. The van der Waals surface area contributed by atoms with Crippen LogP contribution in [0.4, 0.5) is 0 Å². The van der Waals surface area contributed by atoms with E-state index < -0.39 is 5.79 Å². The summed E-state index contributed by atoms with van der Waals surface area (Å²) in [7, 11) is 1.40. The summed E-state index contributed by atoms with van der Waals surface area (Å²) >= 11 is 2.38. The van der Waals surface area contributed by atoms with Gasteiger partial charge in [-0.1, -0.05) is 22.6 Å². The number of rotatable bonds is 5. The van der Waals surface area contributed by atoms with Crippen molar-refractivity contribution in [3.05, 3.63) is 0 Å². The largest absolute Gasteiger partial charge is 0.469 e. The molecule has 0 saturated carbocycles. The maximum absolute atomic E-state index is 11.0. The number of unbranched alkanes of at least 4 members (excludes halogenated alkanes) is 1. The Balaban J connectivity index is 1.65. The van der Waals surface area contributed by atoms with E-state index in [9.17, 15) is 4.79 Å². The summed E-state index contributed by atoms with van der Waals surface area (Å²) in [5.41, 5.74) is 0. The van der Waals surface area contributed by atoms with Gasteiger partial charge in [0.1, 0.15) is 6.10 Å². The van der Waals surface area contributed by atoms with Crippen molar-refractivity contribution in [2.45, 2.75) is 74.2 Å². The van der Waals surface area contributed by atoms with Crippen LogP contribution in [0.5, 0.6) is 0 Å². The van der Waals surface area contributed by atoms with Crippen molar-refractivity contribution in [1.29, 1.82) is 0 Å². The van der Waals surface area contributed by atoms with Gasteiger partial charge in [0.15, 0.2) is 12.1 Å². The molecule has 0 N–H and O–H groups in total. The zero-order valence-corrected chi connectivity index (χ0v) is 15.4. The number of methoxy groups -OCH3 is 1. The summed E-state index contributed by atoms with van der Waals surface area (Å²) in [6.07, 6.45) is 3.42. The number of carbonyl (C=O) groups is 1. The highest BCUT2D eigenvalue weighted by Gasteiger charge is 2.49. The van der Waals surface area contributed by atoms with Gasteiger partial charge in [-0.05, 0) is 20.3 Å². The van der Waals surface area contributed by atoms with E-state index >= 15 is 0 Å². The highest BCUT2D eigenvalue weighted by molar-refractivity contribution is 14.1. The van der Waals surface area contributed by atoms with Crippen LogP contribution in [0.1, 0.15) is 46.0 Å². The molecule has 2 aliphatic heterocycles. The molecule has 22 heavy (non-hydrogen) atoms. The molecular weight excluding hydrogens is 399 g/mol. The van der Waals surface area contributed by atoms with Crippen LogP contribution in [0.2, 0.25) is 0 Å². The standard InChI is InChI=1S/C16H23IO5/c1-16(2)21-13-10-12(20-15(13)22-16)11(17)8-6-4-5-7-9-14(18)19-3/h11-13,15H,5,7-10H2,1-3H3/t11?,12-,13+,15+/m0/s1. The molecule has 6 heteroatoms. The molecule has 0 amide bonds. The van der Waals surface area contributed by atoms with Gasteiger partial charge in [-0.15, -0.1) is 11.8 Å². The average molecular weight is 422 g/mol. The number of ether oxygens (including phenoxy) is 4. The molecule has 124 valence electrons. The summed E-state index contributed by atoms with van der Waals surface area (Å²) in [6, 6.07) is 0. The Morgan fingerprint density at radius 2 is 2.18 bits per heavy atom. The first-order valence-electron chi connectivity index (χ1n) is 7.59. The Labute approximate surface area is 145 Å². The molecule has 5 nitrogen and oxygen atoms in total. The number of fused-ring (bicyclic) bond motifs is 1. The van der Waals surface area contributed by atoms with Gasteiger partial charge in [0.25, 0.3) is 0 Å². The van der Waals surface area contributed by atoms with Gasteiger partial charge in [-0.2, -0.15) is 0 Å². The Hall–Kier alpha value is -0.360. The normalized spacial score (nSPS) is 30.3. The van der Waals surface area contributed by atoms with E-state index in [-0.39, 0.29) is 24.5 Å². The third-order valence-corrected chi connectivity index (χ3v) is 4.89. The van der Waals surface area contributed by atoms with Crippen LogP contribution in [0.25, 0.3) is 0 Å². The Kier molecular flexibility index (Phi) is 6.50. The SMILES string of the molecule is COC(=O)CCCC#CCC(I)[C@@H]1C[C@H]2OC(C)(C)O[C@H]2O1. The number of halogens is 1. The van der Waals surface area contributed by atoms with E-state index in [0.29, 0.717) is 10.3 Å². The van der Waals surface area contributed by atoms with E-state index in [2.05, 4.69) is 39.2 Å². The molecular formula is C16H23IO5. The van der Waals surface area contributed by atoms with Crippen LogP contribution in [-0.2, 0) is 23.7 Å². The van der Waals surface area contributed by atoms with Crippen molar-refractivity contribution in [2.24, 2.45) is 0 Å². The second-order valence-electron chi connectivity index (χ2n) is 5.96. The summed E-state index contributed by atoms with van der Waals surface area (Å²) in [4.78, 5) is 11.0. The monoisotopic (exact) mass is 422 g/mol. The van der Waals surface area contributed by atoms with Crippen LogP contribution in [0.15, 0.2) is 0 Å². The van der Waals surface area contributed by atoms with Gasteiger partial charge >= 0.3 is 5.97 Å².